The Hall–Kier alpha value is -1.63. The van der Waals surface area contributed by atoms with Gasteiger partial charge in [-0.1, -0.05) is 0 Å². The van der Waals surface area contributed by atoms with Crippen molar-refractivity contribution in [3.63, 3.8) is 0 Å². The highest BCUT2D eigenvalue weighted by atomic mass is 16.6. The van der Waals surface area contributed by atoms with Crippen molar-refractivity contribution in [3.05, 3.63) is 15.8 Å². The molecule has 0 saturated carbocycles. The Morgan fingerprint density at radius 1 is 1.58 bits per heavy atom. The van der Waals surface area contributed by atoms with E-state index in [1.165, 1.54) is 6.42 Å². The van der Waals surface area contributed by atoms with Gasteiger partial charge in [-0.2, -0.15) is 5.10 Å². The van der Waals surface area contributed by atoms with E-state index in [2.05, 4.69) is 22.4 Å². The molecule has 7 nitrogen and oxygen atoms in total. The molecule has 1 atom stereocenters. The number of aromatic nitrogens is 2. The summed E-state index contributed by atoms with van der Waals surface area (Å²) in [6.45, 7) is 6.06. The number of likely N-dealkylation sites (N-methyl/N-ethyl adjacent to an activating group) is 1. The largest absolute Gasteiger partial charge is 0.363 e. The Balaban J connectivity index is 2.16. The second kappa shape index (κ2) is 5.56. The number of likely N-dealkylation sites (tertiary alicyclic amines) is 1. The van der Waals surface area contributed by atoms with E-state index in [0.29, 0.717) is 24.1 Å². The molecule has 0 aliphatic carbocycles. The zero-order chi connectivity index (χ0) is 14.0. The predicted octanol–water partition coefficient (Wildman–Crippen LogP) is 1.63. The third-order valence-electron chi connectivity index (χ3n) is 3.75. The van der Waals surface area contributed by atoms with E-state index in [-0.39, 0.29) is 10.6 Å². The molecule has 0 radical (unpaired) electrons. The van der Waals surface area contributed by atoms with Crippen molar-refractivity contribution in [1.82, 2.24) is 14.7 Å². The minimum atomic E-state index is -0.352. The molecule has 0 aromatic carbocycles. The van der Waals surface area contributed by atoms with Crippen molar-refractivity contribution in [1.29, 1.82) is 0 Å². The van der Waals surface area contributed by atoms with E-state index < -0.39 is 0 Å². The van der Waals surface area contributed by atoms with E-state index in [0.717, 1.165) is 19.5 Å². The fraction of sp³-hybridized carbons (Fsp3) is 0.750. The van der Waals surface area contributed by atoms with E-state index in [1.54, 1.807) is 11.6 Å². The van der Waals surface area contributed by atoms with Gasteiger partial charge in [-0.15, -0.1) is 0 Å². The number of hydrogen-bond donors (Lipinski definition) is 1. The van der Waals surface area contributed by atoms with Crippen molar-refractivity contribution in [2.75, 3.05) is 25.5 Å². The molecule has 1 aliphatic rings. The standard InChI is InChI=1S/C12H21N5O2/c1-4-16-12(11(17(18)19)9(2)14-16)13-8-10-6-5-7-15(10)3/h10,13H,4-8H2,1-3H3. The molecular weight excluding hydrogens is 246 g/mol. The summed E-state index contributed by atoms with van der Waals surface area (Å²) in [6, 6.07) is 0.445. The summed E-state index contributed by atoms with van der Waals surface area (Å²) < 4.78 is 1.67. The monoisotopic (exact) mass is 267 g/mol. The molecule has 1 N–H and O–H groups in total. The molecule has 1 fully saturated rings. The van der Waals surface area contributed by atoms with Crippen LogP contribution in [0, 0.1) is 17.0 Å². The fourth-order valence-corrected chi connectivity index (χ4v) is 2.65. The number of aryl methyl sites for hydroxylation is 2. The molecule has 106 valence electrons. The first-order valence-electron chi connectivity index (χ1n) is 6.70. The topological polar surface area (TPSA) is 76.2 Å². The van der Waals surface area contributed by atoms with Crippen LogP contribution < -0.4 is 5.32 Å². The normalized spacial score (nSPS) is 19.8. The van der Waals surface area contributed by atoms with Gasteiger partial charge in [0.15, 0.2) is 0 Å². The van der Waals surface area contributed by atoms with Crippen LogP contribution in [-0.4, -0.2) is 45.8 Å². The molecule has 7 heteroatoms. The number of nitro groups is 1. The molecular formula is C12H21N5O2. The zero-order valence-electron chi connectivity index (χ0n) is 11.7. The van der Waals surface area contributed by atoms with Gasteiger partial charge in [0.2, 0.25) is 5.82 Å². The van der Waals surface area contributed by atoms with Crippen molar-refractivity contribution < 1.29 is 4.92 Å². The number of nitrogens with zero attached hydrogens (tertiary/aromatic N) is 4. The molecule has 1 saturated heterocycles. The smallest absolute Gasteiger partial charge is 0.333 e. The van der Waals surface area contributed by atoms with Crippen LogP contribution in [0.25, 0.3) is 0 Å². The van der Waals surface area contributed by atoms with Gasteiger partial charge in [-0.05, 0) is 40.3 Å². The lowest BCUT2D eigenvalue weighted by Gasteiger charge is -2.20. The van der Waals surface area contributed by atoms with Gasteiger partial charge in [-0.3, -0.25) is 10.1 Å². The Kier molecular flexibility index (Phi) is 4.04. The highest BCUT2D eigenvalue weighted by Gasteiger charge is 2.27. The zero-order valence-corrected chi connectivity index (χ0v) is 11.7. The molecule has 2 heterocycles. The second-order valence-electron chi connectivity index (χ2n) is 5.01. The Bertz CT molecular complexity index is 471. The molecule has 0 amide bonds. The molecule has 0 bridgehead atoms. The molecule has 19 heavy (non-hydrogen) atoms. The van der Waals surface area contributed by atoms with Crippen LogP contribution in [0.1, 0.15) is 25.5 Å². The van der Waals surface area contributed by atoms with Gasteiger partial charge >= 0.3 is 5.69 Å². The lowest BCUT2D eigenvalue weighted by molar-refractivity contribution is -0.384. The minimum Gasteiger partial charge on any atom is -0.363 e. The van der Waals surface area contributed by atoms with E-state index in [4.69, 9.17) is 0 Å². The maximum atomic E-state index is 11.1. The number of rotatable bonds is 5. The van der Waals surface area contributed by atoms with Crippen LogP contribution in [0.2, 0.25) is 0 Å². The number of hydrogen-bond acceptors (Lipinski definition) is 5. The summed E-state index contributed by atoms with van der Waals surface area (Å²) >= 11 is 0. The maximum Gasteiger partial charge on any atom is 0.333 e. The Morgan fingerprint density at radius 3 is 2.84 bits per heavy atom. The summed E-state index contributed by atoms with van der Waals surface area (Å²) in [5, 5.41) is 18.6. The van der Waals surface area contributed by atoms with Crippen LogP contribution >= 0.6 is 0 Å². The highest BCUT2D eigenvalue weighted by molar-refractivity contribution is 5.59. The summed E-state index contributed by atoms with van der Waals surface area (Å²) in [5.41, 5.74) is 0.566. The molecule has 1 unspecified atom stereocenters. The maximum absolute atomic E-state index is 11.1. The third-order valence-corrected chi connectivity index (χ3v) is 3.75. The summed E-state index contributed by atoms with van der Waals surface area (Å²) in [7, 11) is 2.09. The minimum absolute atomic E-state index is 0.0995. The van der Waals surface area contributed by atoms with Crippen LogP contribution in [0.3, 0.4) is 0 Å². The lowest BCUT2D eigenvalue weighted by atomic mass is 10.2. The first-order chi connectivity index (χ1) is 9.04. The van der Waals surface area contributed by atoms with Crippen LogP contribution in [0.5, 0.6) is 0 Å². The third kappa shape index (κ3) is 2.70. The van der Waals surface area contributed by atoms with Crippen LogP contribution in [0.4, 0.5) is 11.5 Å². The number of anilines is 1. The van der Waals surface area contributed by atoms with E-state index in [9.17, 15) is 10.1 Å². The summed E-state index contributed by atoms with van der Waals surface area (Å²) in [6.07, 6.45) is 2.33. The van der Waals surface area contributed by atoms with Crippen LogP contribution in [0.15, 0.2) is 0 Å². The van der Waals surface area contributed by atoms with Crippen molar-refractivity contribution >= 4 is 11.5 Å². The SMILES string of the molecule is CCn1nc(C)c([N+](=O)[O-])c1NCC1CCCN1C. The van der Waals surface area contributed by atoms with Gasteiger partial charge in [0.05, 0.1) is 4.92 Å². The van der Waals surface area contributed by atoms with Gasteiger partial charge < -0.3 is 10.2 Å². The highest BCUT2D eigenvalue weighted by Crippen LogP contribution is 2.28. The van der Waals surface area contributed by atoms with Crippen molar-refractivity contribution in [2.24, 2.45) is 0 Å². The molecule has 0 spiro atoms. The summed E-state index contributed by atoms with van der Waals surface area (Å²) in [5.74, 6) is 0.533. The lowest BCUT2D eigenvalue weighted by Crippen LogP contribution is -2.32. The van der Waals surface area contributed by atoms with Gasteiger partial charge in [0.1, 0.15) is 5.69 Å². The average Bonchev–Trinajstić information content (AvgIpc) is 2.90. The predicted molar refractivity (Wildman–Crippen MR) is 73.4 cm³/mol. The quantitative estimate of drug-likeness (QED) is 0.648. The Morgan fingerprint density at radius 2 is 2.32 bits per heavy atom. The first kappa shape index (κ1) is 13.8. The molecule has 1 aromatic heterocycles. The average molecular weight is 267 g/mol. The Labute approximate surface area is 112 Å². The van der Waals surface area contributed by atoms with E-state index >= 15 is 0 Å². The fourth-order valence-electron chi connectivity index (χ4n) is 2.65. The molecule has 1 aromatic rings. The molecule has 1 aliphatic heterocycles. The van der Waals surface area contributed by atoms with Gasteiger partial charge in [0, 0.05) is 19.1 Å². The first-order valence-corrected chi connectivity index (χ1v) is 6.70. The van der Waals surface area contributed by atoms with Gasteiger partial charge in [0.25, 0.3) is 0 Å². The summed E-state index contributed by atoms with van der Waals surface area (Å²) in [4.78, 5) is 13.1. The molecule has 2 rings (SSSR count). The van der Waals surface area contributed by atoms with Gasteiger partial charge in [-0.25, -0.2) is 4.68 Å². The van der Waals surface area contributed by atoms with E-state index in [1.807, 2.05) is 6.92 Å². The number of nitrogens with one attached hydrogen (secondary N) is 1. The van der Waals surface area contributed by atoms with Crippen molar-refractivity contribution in [3.8, 4) is 0 Å². The second-order valence-corrected chi connectivity index (χ2v) is 5.01. The van der Waals surface area contributed by atoms with Crippen LogP contribution in [-0.2, 0) is 6.54 Å². The van der Waals surface area contributed by atoms with Crippen molar-refractivity contribution in [2.45, 2.75) is 39.3 Å².